The van der Waals surface area contributed by atoms with E-state index in [0.29, 0.717) is 0 Å². The maximum atomic E-state index is 5.02. The van der Waals surface area contributed by atoms with Crippen LogP contribution in [0, 0.1) is 0 Å². The Hall–Kier alpha value is 1.11. The quantitative estimate of drug-likeness (QED) is 0.376. The molecule has 0 spiro atoms. The molecule has 0 nitrogen and oxygen atoms in total. The van der Waals surface area contributed by atoms with Crippen LogP contribution in [0.15, 0.2) is 30.3 Å². The summed E-state index contributed by atoms with van der Waals surface area (Å²) in [5.74, 6) is 0. The molecule has 0 saturated heterocycles. The third-order valence-electron chi connectivity index (χ3n) is 1.32. The van der Waals surface area contributed by atoms with Gasteiger partial charge >= 0.3 is 99.3 Å². The van der Waals surface area contributed by atoms with E-state index in [1.165, 1.54) is 21.6 Å². The van der Waals surface area contributed by atoms with E-state index >= 15 is 0 Å². The second kappa shape index (κ2) is 5.11. The minimum atomic E-state index is -0.437. The second-order valence-electron chi connectivity index (χ2n) is 2.04. The molecule has 0 radical (unpaired) electrons. The number of hydrogen-bond acceptors (Lipinski definition) is 4. The predicted molar refractivity (Wildman–Crippen MR) is 61.3 cm³/mol. The van der Waals surface area contributed by atoms with E-state index in [4.69, 9.17) is 15.5 Å². The number of benzene rings is 1. The average Bonchev–Trinajstić information content (AvgIpc) is 2.18. The zero-order valence-electron chi connectivity index (χ0n) is 5.91. The van der Waals surface area contributed by atoms with Crippen LogP contribution in [0.1, 0.15) is 5.56 Å². The van der Waals surface area contributed by atoms with Crippen LogP contribution in [0.5, 0.6) is 0 Å². The van der Waals surface area contributed by atoms with Gasteiger partial charge in [0.05, 0.1) is 0 Å². The van der Waals surface area contributed by atoms with Crippen molar-refractivity contribution in [2.45, 2.75) is 3.05 Å². The molecular weight excluding hydrogens is 271 g/mol. The van der Waals surface area contributed by atoms with E-state index in [-0.39, 0.29) is 0 Å². The van der Waals surface area contributed by atoms with Gasteiger partial charge in [-0.15, -0.1) is 0 Å². The first-order chi connectivity index (χ1) is 5.73. The first-order valence-electron chi connectivity index (χ1n) is 3.09. The Morgan fingerprint density at radius 3 is 2.00 bits per heavy atom. The van der Waals surface area contributed by atoms with Gasteiger partial charge in [-0.1, -0.05) is 0 Å². The first-order valence-corrected chi connectivity index (χ1v) is 7.32. The van der Waals surface area contributed by atoms with Gasteiger partial charge < -0.3 is 0 Å². The fraction of sp³-hybridized carbons (Fsp3) is 0.143. The van der Waals surface area contributed by atoms with E-state index in [1.54, 1.807) is 0 Å². The fourth-order valence-corrected chi connectivity index (χ4v) is 3.36. The third kappa shape index (κ3) is 2.55. The molecular formula is C7H7NiS4. The van der Waals surface area contributed by atoms with E-state index in [0.717, 1.165) is 5.56 Å². The zero-order valence-corrected chi connectivity index (χ0v) is 10.3. The Balaban J connectivity index is 2.95. The average molecular weight is 278 g/mol. The molecule has 0 saturated carbocycles. The molecule has 0 aromatic heterocycles. The Morgan fingerprint density at radius 2 is 1.58 bits per heavy atom. The van der Waals surface area contributed by atoms with Gasteiger partial charge in [0.2, 0.25) is 0 Å². The molecule has 0 N–H and O–H groups in total. The van der Waals surface area contributed by atoms with Crippen LogP contribution >= 0.6 is 44.9 Å². The van der Waals surface area contributed by atoms with Gasteiger partial charge in [-0.3, -0.25) is 0 Å². The van der Waals surface area contributed by atoms with Crippen LogP contribution in [0.4, 0.5) is 0 Å². The minimum absolute atomic E-state index is 0.437. The van der Waals surface area contributed by atoms with E-state index in [9.17, 15) is 0 Å². The van der Waals surface area contributed by atoms with Crippen LogP contribution in [0.2, 0.25) is 0 Å². The van der Waals surface area contributed by atoms with E-state index < -0.39 is 3.05 Å². The van der Waals surface area contributed by atoms with Gasteiger partial charge in [0.15, 0.2) is 0 Å². The standard InChI is InChI=1S/C7H7S4.Ni/c8-10-7(11-9)6-4-2-1-3-5-6;/h1-5,8-9H;. The maximum absolute atomic E-state index is 5.02. The van der Waals surface area contributed by atoms with Gasteiger partial charge in [0.25, 0.3) is 0 Å². The predicted octanol–water partition coefficient (Wildman–Crippen LogP) is 3.50. The molecule has 0 amide bonds. The number of rotatable bonds is 3. The molecule has 0 aliphatic rings. The second-order valence-corrected chi connectivity index (χ2v) is 6.29. The molecule has 69 valence electrons. The summed E-state index contributed by atoms with van der Waals surface area (Å²) in [5.41, 5.74) is 1.07. The van der Waals surface area contributed by atoms with Crippen LogP contribution in [-0.4, -0.2) is 0 Å². The molecule has 0 bridgehead atoms. The summed E-state index contributed by atoms with van der Waals surface area (Å²) in [7, 11) is 2.68. The molecule has 0 atom stereocenters. The number of hydrogen-bond donors (Lipinski definition) is 2. The molecule has 0 aliphatic carbocycles. The first kappa shape index (κ1) is 11.2. The van der Waals surface area contributed by atoms with Crippen molar-refractivity contribution in [3.05, 3.63) is 35.9 Å². The summed E-state index contributed by atoms with van der Waals surface area (Å²) in [6.07, 6.45) is 0. The van der Waals surface area contributed by atoms with Crippen LogP contribution < -0.4 is 0 Å². The Morgan fingerprint density at radius 1 is 1.08 bits per heavy atom. The number of thiol groups is 2. The molecule has 5 heteroatoms. The van der Waals surface area contributed by atoms with Crippen molar-refractivity contribution in [2.75, 3.05) is 0 Å². The van der Waals surface area contributed by atoms with Crippen molar-refractivity contribution in [1.29, 1.82) is 0 Å². The van der Waals surface area contributed by atoms with Crippen molar-refractivity contribution in [3.63, 3.8) is 0 Å². The van der Waals surface area contributed by atoms with Gasteiger partial charge in [-0.05, 0) is 0 Å². The summed E-state index contributed by atoms with van der Waals surface area (Å²) < 4.78 is -0.437. The van der Waals surface area contributed by atoms with Crippen molar-refractivity contribution in [1.82, 2.24) is 0 Å². The Bertz CT molecular complexity index is 234. The monoisotopic (exact) mass is 277 g/mol. The van der Waals surface area contributed by atoms with Crippen LogP contribution in [-0.2, 0) is 18.5 Å². The Labute approximate surface area is 98.6 Å². The van der Waals surface area contributed by atoms with Crippen LogP contribution in [0.25, 0.3) is 0 Å². The van der Waals surface area contributed by atoms with Crippen molar-refractivity contribution in [2.24, 2.45) is 0 Å². The molecule has 12 heavy (non-hydrogen) atoms. The van der Waals surface area contributed by atoms with Gasteiger partial charge in [-0.2, -0.15) is 0 Å². The topological polar surface area (TPSA) is 0 Å². The van der Waals surface area contributed by atoms with Crippen molar-refractivity contribution < 1.29 is 15.5 Å². The molecule has 0 aliphatic heterocycles. The molecule has 0 heterocycles. The molecule has 0 unspecified atom stereocenters. The SMILES string of the molecule is SS[C]([Ni])(SS)c1ccccc1. The van der Waals surface area contributed by atoms with E-state index in [2.05, 4.69) is 23.3 Å². The molecule has 1 aromatic rings. The fourth-order valence-electron chi connectivity index (χ4n) is 0.749. The Kier molecular flexibility index (Phi) is 4.76. The van der Waals surface area contributed by atoms with Gasteiger partial charge in [-0.25, -0.2) is 0 Å². The normalized spacial score (nSPS) is 11.7. The van der Waals surface area contributed by atoms with Crippen LogP contribution in [0.3, 0.4) is 0 Å². The summed E-state index contributed by atoms with van der Waals surface area (Å²) in [6, 6.07) is 9.90. The summed E-state index contributed by atoms with van der Waals surface area (Å²) >= 11 is 13.3. The van der Waals surface area contributed by atoms with E-state index in [1.807, 2.05) is 30.3 Å². The molecule has 0 fully saturated rings. The van der Waals surface area contributed by atoms with Gasteiger partial charge in [0, 0.05) is 0 Å². The van der Waals surface area contributed by atoms with Crippen molar-refractivity contribution >= 4 is 44.9 Å². The summed E-state index contributed by atoms with van der Waals surface area (Å²) in [4.78, 5) is 0. The summed E-state index contributed by atoms with van der Waals surface area (Å²) in [5, 5.41) is 0. The molecule has 1 rings (SSSR count). The molecule has 1 aromatic carbocycles. The zero-order chi connectivity index (χ0) is 9.03. The summed E-state index contributed by atoms with van der Waals surface area (Å²) in [6.45, 7) is 0. The van der Waals surface area contributed by atoms with Gasteiger partial charge in [0.1, 0.15) is 0 Å². The third-order valence-corrected chi connectivity index (χ3v) is 6.83. The van der Waals surface area contributed by atoms with Crippen molar-refractivity contribution in [3.8, 4) is 0 Å².